The molecule has 0 aliphatic carbocycles. The number of aromatic nitrogens is 5. The molecular formula is C10H7N5S. The van der Waals surface area contributed by atoms with Crippen molar-refractivity contribution >= 4 is 11.5 Å². The largest absolute Gasteiger partial charge is 0.257 e. The molecule has 78 valence electrons. The van der Waals surface area contributed by atoms with E-state index in [1.54, 1.807) is 0 Å². The second kappa shape index (κ2) is 3.82. The number of hydrogen-bond donors (Lipinski definition) is 1. The first-order valence-electron chi connectivity index (χ1n) is 4.69. The fourth-order valence-electron chi connectivity index (χ4n) is 1.36. The van der Waals surface area contributed by atoms with Gasteiger partial charge < -0.3 is 0 Å². The lowest BCUT2D eigenvalue weighted by Gasteiger charge is -1.91. The number of nitrogens with one attached hydrogen (secondary N) is 1. The molecule has 1 aromatic carbocycles. The summed E-state index contributed by atoms with van der Waals surface area (Å²) in [6, 6.07) is 9.80. The molecule has 0 bridgehead atoms. The Kier molecular flexibility index (Phi) is 2.19. The number of nitrogens with zero attached hydrogens (tertiary/aromatic N) is 4. The van der Waals surface area contributed by atoms with Crippen LogP contribution in [0.3, 0.4) is 0 Å². The zero-order chi connectivity index (χ0) is 10.8. The zero-order valence-electron chi connectivity index (χ0n) is 8.16. The summed E-state index contributed by atoms with van der Waals surface area (Å²) in [4.78, 5) is 4.36. The fraction of sp³-hybridized carbons (Fsp3) is 0. The monoisotopic (exact) mass is 229 g/mol. The maximum atomic E-state index is 4.36. The molecule has 0 aliphatic rings. The van der Waals surface area contributed by atoms with Gasteiger partial charge in [0.05, 0.1) is 0 Å². The van der Waals surface area contributed by atoms with Gasteiger partial charge in [-0.2, -0.15) is 5.10 Å². The van der Waals surface area contributed by atoms with Crippen molar-refractivity contribution in [2.24, 2.45) is 0 Å². The van der Waals surface area contributed by atoms with Crippen LogP contribution < -0.4 is 0 Å². The molecule has 1 N–H and O–H groups in total. The average Bonchev–Trinajstić information content (AvgIpc) is 3.01. The molecular weight excluding hydrogens is 222 g/mol. The van der Waals surface area contributed by atoms with Crippen LogP contribution in [0.25, 0.3) is 22.9 Å². The van der Waals surface area contributed by atoms with Crippen molar-refractivity contribution in [1.29, 1.82) is 0 Å². The van der Waals surface area contributed by atoms with Gasteiger partial charge in [-0.3, -0.25) is 5.10 Å². The Hall–Kier alpha value is -2.08. The Morgan fingerprint density at radius 1 is 1.12 bits per heavy atom. The molecule has 3 aromatic rings. The first kappa shape index (κ1) is 9.17. The molecule has 6 heteroatoms. The van der Waals surface area contributed by atoms with Crippen LogP contribution in [0.5, 0.6) is 0 Å². The van der Waals surface area contributed by atoms with Gasteiger partial charge >= 0.3 is 0 Å². The fourth-order valence-corrected chi connectivity index (χ4v) is 1.80. The standard InChI is InChI=1S/C10H7N5S/c1-2-4-7(5-3-1)9-11-10(14-13-9)8-6-16-15-12-8/h1-6H,(H,11,13,14). The second-order valence-corrected chi connectivity index (χ2v) is 3.77. The van der Waals surface area contributed by atoms with Crippen LogP contribution in [0.1, 0.15) is 0 Å². The van der Waals surface area contributed by atoms with Crippen LogP contribution in [0, 0.1) is 0 Å². The lowest BCUT2D eigenvalue weighted by atomic mass is 10.2. The van der Waals surface area contributed by atoms with Crippen LogP contribution in [0.15, 0.2) is 35.7 Å². The Morgan fingerprint density at radius 3 is 2.75 bits per heavy atom. The van der Waals surface area contributed by atoms with Gasteiger partial charge in [0.2, 0.25) is 0 Å². The van der Waals surface area contributed by atoms with Gasteiger partial charge in [0.25, 0.3) is 0 Å². The van der Waals surface area contributed by atoms with Crippen LogP contribution in [-0.4, -0.2) is 24.8 Å². The highest BCUT2D eigenvalue weighted by Gasteiger charge is 2.08. The van der Waals surface area contributed by atoms with E-state index in [2.05, 4.69) is 24.8 Å². The highest BCUT2D eigenvalue weighted by atomic mass is 32.1. The number of benzene rings is 1. The minimum Gasteiger partial charge on any atom is -0.257 e. The SMILES string of the molecule is c1ccc(-c2n[nH]c(-c3csnn3)n2)cc1. The number of rotatable bonds is 2. The normalized spacial score (nSPS) is 10.5. The molecule has 0 saturated carbocycles. The van der Waals surface area contributed by atoms with Crippen molar-refractivity contribution in [2.75, 3.05) is 0 Å². The Balaban J connectivity index is 2.00. The molecule has 5 nitrogen and oxygen atoms in total. The number of hydrogen-bond acceptors (Lipinski definition) is 5. The predicted octanol–water partition coefficient (Wildman–Crippen LogP) is 1.99. The van der Waals surface area contributed by atoms with E-state index >= 15 is 0 Å². The van der Waals surface area contributed by atoms with Gasteiger partial charge in [-0.25, -0.2) is 4.98 Å². The summed E-state index contributed by atoms with van der Waals surface area (Å²) in [7, 11) is 0. The summed E-state index contributed by atoms with van der Waals surface area (Å²) in [5, 5.41) is 12.7. The van der Waals surface area contributed by atoms with E-state index < -0.39 is 0 Å². The third-order valence-electron chi connectivity index (χ3n) is 2.12. The molecule has 2 aromatic heterocycles. The number of H-pyrrole nitrogens is 1. The first-order valence-corrected chi connectivity index (χ1v) is 5.52. The topological polar surface area (TPSA) is 67.3 Å². The van der Waals surface area contributed by atoms with Crippen molar-refractivity contribution in [2.45, 2.75) is 0 Å². The summed E-state index contributed by atoms with van der Waals surface area (Å²) < 4.78 is 3.78. The van der Waals surface area contributed by atoms with Crippen molar-refractivity contribution in [3.8, 4) is 22.9 Å². The van der Waals surface area contributed by atoms with Gasteiger partial charge in [0.15, 0.2) is 11.6 Å². The van der Waals surface area contributed by atoms with Gasteiger partial charge in [-0.1, -0.05) is 34.8 Å². The summed E-state index contributed by atoms with van der Waals surface area (Å²) in [5.41, 5.74) is 1.70. The molecule has 0 amide bonds. The summed E-state index contributed by atoms with van der Waals surface area (Å²) in [6.07, 6.45) is 0. The molecule has 2 heterocycles. The van der Waals surface area contributed by atoms with Crippen molar-refractivity contribution in [1.82, 2.24) is 24.8 Å². The molecule has 0 aliphatic heterocycles. The minimum absolute atomic E-state index is 0.646. The molecule has 0 radical (unpaired) electrons. The van der Waals surface area contributed by atoms with Crippen molar-refractivity contribution < 1.29 is 0 Å². The van der Waals surface area contributed by atoms with E-state index in [1.165, 1.54) is 11.5 Å². The number of aromatic amines is 1. The molecule has 16 heavy (non-hydrogen) atoms. The van der Waals surface area contributed by atoms with Gasteiger partial charge in [0, 0.05) is 10.9 Å². The maximum Gasteiger partial charge on any atom is 0.181 e. The smallest absolute Gasteiger partial charge is 0.181 e. The summed E-state index contributed by atoms with van der Waals surface area (Å²) in [5.74, 6) is 1.32. The Morgan fingerprint density at radius 2 is 2.00 bits per heavy atom. The molecule has 0 unspecified atom stereocenters. The van der Waals surface area contributed by atoms with E-state index in [-0.39, 0.29) is 0 Å². The van der Waals surface area contributed by atoms with Crippen molar-refractivity contribution in [3.05, 3.63) is 35.7 Å². The van der Waals surface area contributed by atoms with Crippen LogP contribution >= 0.6 is 11.5 Å². The molecule has 0 atom stereocenters. The third-order valence-corrected chi connectivity index (χ3v) is 2.62. The zero-order valence-corrected chi connectivity index (χ0v) is 8.98. The van der Waals surface area contributed by atoms with E-state index in [0.717, 1.165) is 11.3 Å². The lowest BCUT2D eigenvalue weighted by Crippen LogP contribution is -1.81. The summed E-state index contributed by atoms with van der Waals surface area (Å²) >= 11 is 1.29. The van der Waals surface area contributed by atoms with Gasteiger partial charge in [0.1, 0.15) is 5.69 Å². The van der Waals surface area contributed by atoms with E-state index in [0.29, 0.717) is 11.6 Å². The molecule has 0 saturated heterocycles. The van der Waals surface area contributed by atoms with E-state index in [1.807, 2.05) is 35.7 Å². The van der Waals surface area contributed by atoms with Gasteiger partial charge in [-0.05, 0) is 11.5 Å². The molecule has 0 spiro atoms. The molecule has 3 rings (SSSR count). The first-order chi connectivity index (χ1) is 7.93. The lowest BCUT2D eigenvalue weighted by molar-refractivity contribution is 1.07. The molecule has 0 fully saturated rings. The van der Waals surface area contributed by atoms with Crippen molar-refractivity contribution in [3.63, 3.8) is 0 Å². The quantitative estimate of drug-likeness (QED) is 0.729. The Bertz CT molecular complexity index is 572. The highest BCUT2D eigenvalue weighted by molar-refractivity contribution is 7.03. The third kappa shape index (κ3) is 1.59. The average molecular weight is 229 g/mol. The second-order valence-electron chi connectivity index (χ2n) is 3.16. The van der Waals surface area contributed by atoms with Crippen LogP contribution in [0.4, 0.5) is 0 Å². The summed E-state index contributed by atoms with van der Waals surface area (Å²) in [6.45, 7) is 0. The maximum absolute atomic E-state index is 4.36. The van der Waals surface area contributed by atoms with Crippen LogP contribution in [0.2, 0.25) is 0 Å². The predicted molar refractivity (Wildman–Crippen MR) is 60.7 cm³/mol. The van der Waals surface area contributed by atoms with E-state index in [9.17, 15) is 0 Å². The van der Waals surface area contributed by atoms with E-state index in [4.69, 9.17) is 0 Å². The highest BCUT2D eigenvalue weighted by Crippen LogP contribution is 2.18. The minimum atomic E-state index is 0.646. The Labute approximate surface area is 95.4 Å². The van der Waals surface area contributed by atoms with Gasteiger partial charge in [-0.15, -0.1) is 5.10 Å². The van der Waals surface area contributed by atoms with Crippen LogP contribution in [-0.2, 0) is 0 Å².